The molecule has 0 heterocycles. The zero-order valence-corrected chi connectivity index (χ0v) is 18.9. The van der Waals surface area contributed by atoms with Crippen LogP contribution in [0.4, 0.5) is 0 Å². The van der Waals surface area contributed by atoms with E-state index in [1.807, 2.05) is 36.4 Å². The minimum absolute atomic E-state index is 0. The van der Waals surface area contributed by atoms with Crippen LogP contribution in [0.15, 0.2) is 36.9 Å². The van der Waals surface area contributed by atoms with Crippen molar-refractivity contribution in [3.63, 3.8) is 0 Å². The van der Waals surface area contributed by atoms with Crippen molar-refractivity contribution < 1.29 is 44.0 Å². The van der Waals surface area contributed by atoms with Crippen molar-refractivity contribution in [1.82, 2.24) is 0 Å². The summed E-state index contributed by atoms with van der Waals surface area (Å²) in [5.41, 5.74) is 1.17. The molecule has 0 saturated carbocycles. The molecule has 5 heteroatoms. The van der Waals surface area contributed by atoms with Crippen LogP contribution < -0.4 is 29.6 Å². The first kappa shape index (κ1) is 27.1. The molecule has 1 aromatic rings. The quantitative estimate of drug-likeness (QED) is 0.345. The first-order chi connectivity index (χ1) is 11.5. The van der Waals surface area contributed by atoms with Crippen LogP contribution in [0.5, 0.6) is 0 Å². The summed E-state index contributed by atoms with van der Waals surface area (Å²) in [6.07, 6.45) is 13.5. The van der Waals surface area contributed by atoms with Gasteiger partial charge in [0.1, 0.15) is 0 Å². The smallest absolute Gasteiger partial charge is 1.00 e. The molecule has 0 aliphatic carbocycles. The molecule has 1 rings (SSSR count). The van der Waals surface area contributed by atoms with Crippen molar-refractivity contribution in [2.45, 2.75) is 71.1 Å². The van der Waals surface area contributed by atoms with Gasteiger partial charge in [-0.25, -0.2) is 0 Å². The second kappa shape index (κ2) is 18.7. The Hall–Kier alpha value is -0.130. The standard InChI is InChI=1S/C12H26O3S.C8H8.Na.H/c1-2-3-4-5-6-7-8-9-10-11-12-16(13,14)15;1-2-8-6-4-3-5-7-8;;/h2-12H2,1H3,(H,13,14,15);2-7H,1H2;;/q;;+1;-1. The average molecular weight is 379 g/mol. The number of benzene rings is 1. The molecule has 0 atom stereocenters. The van der Waals surface area contributed by atoms with E-state index in [-0.39, 0.29) is 36.7 Å². The number of hydrogen-bond donors (Lipinski definition) is 1. The summed E-state index contributed by atoms with van der Waals surface area (Å²) >= 11 is 0. The molecule has 1 aromatic carbocycles. The summed E-state index contributed by atoms with van der Waals surface area (Å²) in [5.74, 6) is -0.0799. The molecule has 0 aliphatic heterocycles. The normalized spacial score (nSPS) is 10.3. The van der Waals surface area contributed by atoms with Crippen molar-refractivity contribution in [3.8, 4) is 0 Å². The van der Waals surface area contributed by atoms with Gasteiger partial charge in [-0.15, -0.1) is 0 Å². The van der Waals surface area contributed by atoms with E-state index >= 15 is 0 Å². The van der Waals surface area contributed by atoms with E-state index < -0.39 is 10.1 Å². The van der Waals surface area contributed by atoms with Crippen LogP contribution in [0, 0.1) is 0 Å². The van der Waals surface area contributed by atoms with Crippen molar-refractivity contribution in [1.29, 1.82) is 0 Å². The maximum atomic E-state index is 10.4. The van der Waals surface area contributed by atoms with Crippen molar-refractivity contribution in [3.05, 3.63) is 42.5 Å². The maximum Gasteiger partial charge on any atom is 1.00 e. The van der Waals surface area contributed by atoms with Crippen LogP contribution in [0.3, 0.4) is 0 Å². The van der Waals surface area contributed by atoms with E-state index in [0.717, 1.165) is 12.8 Å². The Labute approximate surface area is 178 Å². The van der Waals surface area contributed by atoms with Crippen molar-refractivity contribution in [2.75, 3.05) is 5.75 Å². The van der Waals surface area contributed by atoms with E-state index in [9.17, 15) is 8.42 Å². The van der Waals surface area contributed by atoms with Gasteiger partial charge >= 0.3 is 29.6 Å². The zero-order chi connectivity index (χ0) is 18.1. The fraction of sp³-hybridized carbons (Fsp3) is 0.600. The summed E-state index contributed by atoms with van der Waals surface area (Å²) in [4.78, 5) is 0. The molecule has 0 spiro atoms. The van der Waals surface area contributed by atoms with E-state index in [1.165, 1.54) is 50.5 Å². The topological polar surface area (TPSA) is 54.4 Å². The summed E-state index contributed by atoms with van der Waals surface area (Å²) in [6, 6.07) is 10.0. The van der Waals surface area contributed by atoms with E-state index in [0.29, 0.717) is 6.42 Å². The molecule has 0 unspecified atom stereocenters. The van der Waals surface area contributed by atoms with Crippen molar-refractivity contribution in [2.24, 2.45) is 0 Å². The van der Waals surface area contributed by atoms with Crippen molar-refractivity contribution >= 4 is 16.2 Å². The van der Waals surface area contributed by atoms with Gasteiger partial charge < -0.3 is 1.43 Å². The Bertz CT molecular complexity index is 507. The van der Waals surface area contributed by atoms with Gasteiger partial charge in [-0.1, -0.05) is 108 Å². The van der Waals surface area contributed by atoms with Crippen LogP contribution >= 0.6 is 0 Å². The van der Waals surface area contributed by atoms with Crippen LogP contribution in [-0.4, -0.2) is 18.7 Å². The second-order valence-electron chi connectivity index (χ2n) is 6.08. The fourth-order valence-electron chi connectivity index (χ4n) is 2.36. The predicted octanol–water partition coefficient (Wildman–Crippen LogP) is 3.24. The zero-order valence-electron chi connectivity index (χ0n) is 17.1. The third kappa shape index (κ3) is 21.8. The molecule has 0 saturated heterocycles. The predicted molar refractivity (Wildman–Crippen MR) is 106 cm³/mol. The first-order valence-corrected chi connectivity index (χ1v) is 10.7. The molecule has 1 N–H and O–H groups in total. The minimum atomic E-state index is -3.73. The van der Waals surface area contributed by atoms with Crippen LogP contribution in [0.2, 0.25) is 0 Å². The monoisotopic (exact) mass is 378 g/mol. The molecule has 0 bridgehead atoms. The Balaban J connectivity index is -0.000000447. The molecule has 0 aromatic heterocycles. The van der Waals surface area contributed by atoms with Gasteiger partial charge in [-0.3, -0.25) is 4.55 Å². The van der Waals surface area contributed by atoms with E-state index in [1.54, 1.807) is 0 Å². The van der Waals surface area contributed by atoms with Gasteiger partial charge in [-0.2, -0.15) is 8.42 Å². The third-order valence-corrected chi connectivity index (χ3v) is 4.60. The Kier molecular flexibility index (Phi) is 20.2. The summed E-state index contributed by atoms with van der Waals surface area (Å²) in [7, 11) is -3.73. The molecule has 140 valence electrons. The molecule has 0 fully saturated rings. The molecule has 0 amide bonds. The molecule has 0 aliphatic rings. The summed E-state index contributed by atoms with van der Waals surface area (Å²) in [6.45, 7) is 5.85. The fourth-order valence-corrected chi connectivity index (χ4v) is 2.93. The van der Waals surface area contributed by atoms with Gasteiger partial charge in [0.2, 0.25) is 0 Å². The molecular weight excluding hydrogens is 343 g/mol. The molecule has 0 radical (unpaired) electrons. The van der Waals surface area contributed by atoms with Gasteiger partial charge in [0.05, 0.1) is 5.75 Å². The van der Waals surface area contributed by atoms with Crippen LogP contribution in [0.1, 0.15) is 78.1 Å². The number of unbranched alkanes of at least 4 members (excludes halogenated alkanes) is 9. The van der Waals surface area contributed by atoms with Gasteiger partial charge in [0.15, 0.2) is 0 Å². The van der Waals surface area contributed by atoms with Gasteiger partial charge in [0, 0.05) is 0 Å². The average Bonchev–Trinajstić information content (AvgIpc) is 2.57. The molecule has 25 heavy (non-hydrogen) atoms. The Morgan fingerprint density at radius 3 is 1.72 bits per heavy atom. The Morgan fingerprint density at radius 2 is 1.36 bits per heavy atom. The third-order valence-electron chi connectivity index (χ3n) is 3.79. The largest absolute Gasteiger partial charge is 1.00 e. The van der Waals surface area contributed by atoms with Gasteiger partial charge in [0.25, 0.3) is 10.1 Å². The number of rotatable bonds is 12. The SMILES string of the molecule is C=Cc1ccccc1.CCCCCCCCCCCCS(=O)(=O)O.[H-].[Na+]. The maximum absolute atomic E-state index is 10.4. The summed E-state index contributed by atoms with van der Waals surface area (Å²) < 4.78 is 29.4. The first-order valence-electron chi connectivity index (χ1n) is 9.12. The Morgan fingerprint density at radius 1 is 0.920 bits per heavy atom. The van der Waals surface area contributed by atoms with Crippen LogP contribution in [0.25, 0.3) is 6.08 Å². The molecular formula is C20H35NaO3S. The molecule has 3 nitrogen and oxygen atoms in total. The summed E-state index contributed by atoms with van der Waals surface area (Å²) in [5, 5.41) is 0. The van der Waals surface area contributed by atoms with E-state index in [2.05, 4.69) is 13.5 Å². The second-order valence-corrected chi connectivity index (χ2v) is 7.65. The van der Waals surface area contributed by atoms with E-state index in [4.69, 9.17) is 4.55 Å². The number of hydrogen-bond acceptors (Lipinski definition) is 2. The van der Waals surface area contributed by atoms with Crippen LogP contribution in [-0.2, 0) is 10.1 Å². The minimum Gasteiger partial charge on any atom is -1.00 e. The van der Waals surface area contributed by atoms with Gasteiger partial charge in [-0.05, 0) is 12.0 Å².